The molecule has 0 fully saturated rings. The van der Waals surface area contributed by atoms with E-state index >= 15 is 0 Å². The normalized spacial score (nSPS) is 12.8. The zero-order valence-electron chi connectivity index (χ0n) is 22.8. The minimum absolute atomic E-state index is 0. The van der Waals surface area contributed by atoms with Gasteiger partial charge in [-0.15, -0.1) is 0 Å². The van der Waals surface area contributed by atoms with Gasteiger partial charge in [0.25, 0.3) is 0 Å². The second kappa shape index (κ2) is 14.2. The van der Waals surface area contributed by atoms with Gasteiger partial charge in [0, 0.05) is 35.9 Å². The van der Waals surface area contributed by atoms with Crippen LogP contribution in [-0.2, 0) is 4.79 Å². The van der Waals surface area contributed by atoms with Crippen molar-refractivity contribution in [1.82, 2.24) is 0 Å². The van der Waals surface area contributed by atoms with Gasteiger partial charge in [0.05, 0.1) is 12.2 Å². The minimum atomic E-state index is -1.41. The Morgan fingerprint density at radius 1 is 0.875 bits per heavy atom. The summed E-state index contributed by atoms with van der Waals surface area (Å²) in [6.45, 7) is 3.86. The molecule has 0 spiro atoms. The third kappa shape index (κ3) is 7.68. The number of halogens is 2. The van der Waals surface area contributed by atoms with Crippen LogP contribution in [0.25, 0.3) is 10.8 Å². The summed E-state index contributed by atoms with van der Waals surface area (Å²) in [5, 5.41) is 33.3. The number of ether oxygens (including phenoxy) is 1. The van der Waals surface area contributed by atoms with Crippen LogP contribution in [0.15, 0.2) is 78.9 Å². The Bertz CT molecular complexity index is 1380. The molecule has 4 rings (SSSR count). The van der Waals surface area contributed by atoms with E-state index in [0.717, 1.165) is 33.0 Å². The standard InChI is InChI=1S/C32H32F2O5.Na/c1-19(2)30-27-6-4-3-5-22(27)15-28(32(30)39-18-26(36)16-25(35)17-29(37)38)31(20-7-11-23(33)12-8-20)21-9-13-24(34)14-10-21;/h3-15,19,25-26,31,35-36H,16-18H2,1-2H3,(H,37,38);/q;+1/p-1/t25-,26?;/m1./s1. The Labute approximate surface area is 254 Å². The second-order valence-corrected chi connectivity index (χ2v) is 10.1. The molecule has 0 amide bonds. The molecule has 8 heteroatoms. The summed E-state index contributed by atoms with van der Waals surface area (Å²) in [5.74, 6) is -2.09. The molecule has 0 aromatic heterocycles. The molecule has 5 nitrogen and oxygen atoms in total. The fourth-order valence-corrected chi connectivity index (χ4v) is 5.03. The van der Waals surface area contributed by atoms with E-state index < -0.39 is 30.5 Å². The Hall–Kier alpha value is -2.81. The van der Waals surface area contributed by atoms with Crippen molar-refractivity contribution in [3.8, 4) is 5.75 Å². The number of carbonyl (C=O) groups is 1. The predicted octanol–water partition coefficient (Wildman–Crippen LogP) is 2.06. The van der Waals surface area contributed by atoms with Crippen LogP contribution in [0.3, 0.4) is 0 Å². The molecule has 204 valence electrons. The maximum absolute atomic E-state index is 13.9. The van der Waals surface area contributed by atoms with Crippen LogP contribution in [0.1, 0.15) is 60.8 Å². The van der Waals surface area contributed by atoms with Gasteiger partial charge in [0.2, 0.25) is 0 Å². The van der Waals surface area contributed by atoms with Gasteiger partial charge in [-0.1, -0.05) is 62.4 Å². The van der Waals surface area contributed by atoms with E-state index in [-0.39, 0.29) is 60.1 Å². The number of rotatable bonds is 11. The number of carboxylic acid groups (broad SMARTS) is 1. The van der Waals surface area contributed by atoms with Crippen LogP contribution in [-0.4, -0.2) is 35.0 Å². The molecule has 4 aromatic rings. The van der Waals surface area contributed by atoms with Gasteiger partial charge in [-0.3, -0.25) is 0 Å². The van der Waals surface area contributed by atoms with Gasteiger partial charge in [-0.05, 0) is 58.1 Å². The van der Waals surface area contributed by atoms with Gasteiger partial charge in [0.1, 0.15) is 24.0 Å². The summed E-state index contributed by atoms with van der Waals surface area (Å²) in [4.78, 5) is 10.8. The summed E-state index contributed by atoms with van der Waals surface area (Å²) in [7, 11) is 0. The molecule has 0 bridgehead atoms. The Morgan fingerprint density at radius 2 is 1.43 bits per heavy atom. The summed E-state index contributed by atoms with van der Waals surface area (Å²) in [5.41, 5.74) is 3.18. The predicted molar refractivity (Wildman–Crippen MR) is 144 cm³/mol. The van der Waals surface area contributed by atoms with Crippen molar-refractivity contribution < 1.29 is 63.2 Å². The number of hydrogen-bond donors (Lipinski definition) is 2. The number of fused-ring (bicyclic) bond motifs is 1. The average molecular weight is 557 g/mol. The third-order valence-corrected chi connectivity index (χ3v) is 6.73. The largest absolute Gasteiger partial charge is 1.00 e. The zero-order valence-corrected chi connectivity index (χ0v) is 24.8. The zero-order chi connectivity index (χ0) is 28.1. The van der Waals surface area contributed by atoms with Crippen molar-refractivity contribution in [3.63, 3.8) is 0 Å². The first kappa shape index (κ1) is 31.7. The molecule has 4 aromatic carbocycles. The van der Waals surface area contributed by atoms with E-state index in [4.69, 9.17) is 4.74 Å². The van der Waals surface area contributed by atoms with E-state index in [1.54, 1.807) is 24.3 Å². The van der Waals surface area contributed by atoms with Crippen molar-refractivity contribution >= 4 is 16.7 Å². The van der Waals surface area contributed by atoms with E-state index in [1.165, 1.54) is 24.3 Å². The maximum atomic E-state index is 13.9. The van der Waals surface area contributed by atoms with E-state index in [0.29, 0.717) is 5.75 Å². The van der Waals surface area contributed by atoms with Gasteiger partial charge in [0.15, 0.2) is 0 Å². The van der Waals surface area contributed by atoms with Crippen molar-refractivity contribution in [2.75, 3.05) is 6.61 Å². The first-order valence-corrected chi connectivity index (χ1v) is 12.9. The van der Waals surface area contributed by atoms with E-state index in [2.05, 4.69) is 0 Å². The topological polar surface area (TPSA) is 89.8 Å². The Balaban J connectivity index is 0.00000441. The van der Waals surface area contributed by atoms with Gasteiger partial charge in [-0.2, -0.15) is 0 Å². The third-order valence-electron chi connectivity index (χ3n) is 6.73. The number of carboxylic acids is 1. The quantitative estimate of drug-likeness (QED) is 0.218. The first-order valence-electron chi connectivity index (χ1n) is 12.9. The fourth-order valence-electron chi connectivity index (χ4n) is 5.03. The van der Waals surface area contributed by atoms with Crippen LogP contribution in [0.4, 0.5) is 8.78 Å². The summed E-state index contributed by atoms with van der Waals surface area (Å²) >= 11 is 0. The van der Waals surface area contributed by atoms with E-state index in [1.807, 2.05) is 44.2 Å². The molecule has 2 N–H and O–H groups in total. The molecule has 0 saturated heterocycles. The van der Waals surface area contributed by atoms with Crippen LogP contribution in [0, 0.1) is 11.6 Å². The van der Waals surface area contributed by atoms with Crippen LogP contribution < -0.4 is 39.4 Å². The first-order chi connectivity index (χ1) is 18.6. The molecular formula is C32H31F2NaO5. The Morgan fingerprint density at radius 3 is 1.95 bits per heavy atom. The van der Waals surface area contributed by atoms with Crippen molar-refractivity contribution in [2.24, 2.45) is 0 Å². The monoisotopic (exact) mass is 556 g/mol. The molecular weight excluding hydrogens is 525 g/mol. The summed E-state index contributed by atoms with van der Waals surface area (Å²) in [6, 6.07) is 22.1. The number of aliphatic hydroxyl groups is 2. The molecule has 40 heavy (non-hydrogen) atoms. The van der Waals surface area contributed by atoms with Crippen LogP contribution in [0.2, 0.25) is 0 Å². The van der Waals surface area contributed by atoms with Crippen LogP contribution >= 0.6 is 0 Å². The number of benzene rings is 4. The molecule has 0 aliphatic rings. The molecule has 0 radical (unpaired) electrons. The smallest absolute Gasteiger partial charge is 0.550 e. The number of aliphatic hydroxyl groups excluding tert-OH is 2. The summed E-state index contributed by atoms with van der Waals surface area (Å²) in [6.07, 6.45) is -3.21. The molecule has 0 saturated carbocycles. The van der Waals surface area contributed by atoms with Crippen molar-refractivity contribution in [2.45, 2.75) is 50.7 Å². The van der Waals surface area contributed by atoms with E-state index in [9.17, 15) is 28.9 Å². The second-order valence-electron chi connectivity index (χ2n) is 10.1. The van der Waals surface area contributed by atoms with Gasteiger partial charge in [-0.25, -0.2) is 8.78 Å². The fraction of sp³-hybridized carbons (Fsp3) is 0.281. The number of hydrogen-bond acceptors (Lipinski definition) is 5. The molecule has 0 heterocycles. The van der Waals surface area contributed by atoms with Gasteiger partial charge < -0.3 is 24.9 Å². The maximum Gasteiger partial charge on any atom is 1.00 e. The van der Waals surface area contributed by atoms with Gasteiger partial charge >= 0.3 is 29.6 Å². The molecule has 2 atom stereocenters. The molecule has 0 aliphatic carbocycles. The average Bonchev–Trinajstić information content (AvgIpc) is 2.88. The van der Waals surface area contributed by atoms with Crippen LogP contribution in [0.5, 0.6) is 5.75 Å². The SMILES string of the molecule is CC(C)c1c(OCC(O)C[C@@H](O)CC(=O)[O-])c(C(c2ccc(F)cc2)c2ccc(F)cc2)cc2ccccc12.[Na+]. The Kier molecular flexibility index (Phi) is 11.3. The molecule has 1 unspecified atom stereocenters. The molecule has 0 aliphatic heterocycles. The van der Waals surface area contributed by atoms with Crippen molar-refractivity contribution in [1.29, 1.82) is 0 Å². The van der Waals surface area contributed by atoms with Crippen molar-refractivity contribution in [3.05, 3.63) is 113 Å². The minimum Gasteiger partial charge on any atom is -0.550 e. The summed E-state index contributed by atoms with van der Waals surface area (Å²) < 4.78 is 34.1. The number of carbonyl (C=O) groups excluding carboxylic acids is 1. The number of aliphatic carboxylic acids is 1.